The first-order valence-corrected chi connectivity index (χ1v) is 15.1. The van der Waals surface area contributed by atoms with Gasteiger partial charge in [0.1, 0.15) is 0 Å². The van der Waals surface area contributed by atoms with Gasteiger partial charge in [-0.1, -0.05) is 107 Å². The van der Waals surface area contributed by atoms with Crippen molar-refractivity contribution in [2.75, 3.05) is 0 Å². The molecule has 0 aliphatic heterocycles. The Balaban J connectivity index is 1.76. The fourth-order valence-corrected chi connectivity index (χ4v) is 5.41. The van der Waals surface area contributed by atoms with E-state index in [-0.39, 0.29) is 35.5 Å². The lowest BCUT2D eigenvalue weighted by Crippen LogP contribution is -2.29. The number of unbranched alkanes of at least 4 members (excludes halogenated alkanes) is 8. The van der Waals surface area contributed by atoms with Crippen molar-refractivity contribution in [3.8, 4) is 0 Å². The van der Waals surface area contributed by atoms with E-state index in [1.54, 1.807) is 42.5 Å². The Morgan fingerprint density at radius 3 is 1.59 bits per heavy atom. The second kappa shape index (κ2) is 14.2. The molecule has 0 unspecified atom stereocenters. The van der Waals surface area contributed by atoms with Gasteiger partial charge in [-0.15, -0.1) is 0 Å². The number of hydrogen-bond acceptors (Lipinski definition) is 6. The molecule has 2 aliphatic rings. The van der Waals surface area contributed by atoms with Crippen LogP contribution < -0.4 is 0 Å². The van der Waals surface area contributed by atoms with E-state index in [1.807, 2.05) is 6.92 Å². The van der Waals surface area contributed by atoms with Crippen LogP contribution in [0.4, 0.5) is 0 Å². The number of allylic oxidation sites excluding steroid dienone is 2. The molecular weight excluding hydrogens is 516 g/mol. The van der Waals surface area contributed by atoms with Crippen molar-refractivity contribution < 1.29 is 28.7 Å². The SMILES string of the molecule is CCCCCCCC(=O)OC1=C2C(=O)c3ccc(C)cc3C(OC(=O)CCCCCCC)=C2C(=O)c2ccccc21. The fourth-order valence-electron chi connectivity index (χ4n) is 5.41. The van der Waals surface area contributed by atoms with E-state index in [2.05, 4.69) is 13.8 Å². The van der Waals surface area contributed by atoms with Crippen LogP contribution in [0.5, 0.6) is 0 Å². The van der Waals surface area contributed by atoms with Crippen molar-refractivity contribution in [2.24, 2.45) is 0 Å². The monoisotopic (exact) mass is 556 g/mol. The molecule has 0 heterocycles. The summed E-state index contributed by atoms with van der Waals surface area (Å²) in [5, 5.41) is 0. The van der Waals surface area contributed by atoms with Gasteiger partial charge in [0.25, 0.3) is 0 Å². The molecule has 0 bridgehead atoms. The van der Waals surface area contributed by atoms with Crippen LogP contribution in [0.3, 0.4) is 0 Å². The summed E-state index contributed by atoms with van der Waals surface area (Å²) in [5.41, 5.74) is 2.22. The Morgan fingerprint density at radius 1 is 0.585 bits per heavy atom. The van der Waals surface area contributed by atoms with Crippen molar-refractivity contribution in [2.45, 2.75) is 97.8 Å². The van der Waals surface area contributed by atoms with Crippen LogP contribution in [-0.4, -0.2) is 23.5 Å². The van der Waals surface area contributed by atoms with Gasteiger partial charge in [-0.2, -0.15) is 0 Å². The van der Waals surface area contributed by atoms with Crippen LogP contribution in [0.1, 0.15) is 128 Å². The van der Waals surface area contributed by atoms with Crippen molar-refractivity contribution >= 4 is 35.0 Å². The molecule has 0 amide bonds. The van der Waals surface area contributed by atoms with Gasteiger partial charge >= 0.3 is 11.9 Å². The summed E-state index contributed by atoms with van der Waals surface area (Å²) in [6.45, 7) is 6.14. The number of aryl methyl sites for hydroxylation is 1. The minimum absolute atomic E-state index is 0.0168. The van der Waals surface area contributed by atoms with Gasteiger partial charge in [0.05, 0.1) is 11.1 Å². The molecule has 2 aliphatic carbocycles. The van der Waals surface area contributed by atoms with Crippen molar-refractivity contribution in [1.82, 2.24) is 0 Å². The molecule has 2 aromatic carbocycles. The molecule has 216 valence electrons. The maximum Gasteiger partial charge on any atom is 0.311 e. The zero-order chi connectivity index (χ0) is 29.4. The lowest BCUT2D eigenvalue weighted by molar-refractivity contribution is -0.137. The van der Waals surface area contributed by atoms with E-state index in [0.29, 0.717) is 35.1 Å². The first kappa shape index (κ1) is 30.2. The first-order valence-electron chi connectivity index (χ1n) is 15.1. The van der Waals surface area contributed by atoms with Crippen LogP contribution in [-0.2, 0) is 19.1 Å². The number of ketones is 2. The molecule has 0 fully saturated rings. The first-order chi connectivity index (χ1) is 19.9. The molecule has 4 rings (SSSR count). The number of rotatable bonds is 14. The Kier molecular flexibility index (Phi) is 10.4. The van der Waals surface area contributed by atoms with Gasteiger partial charge in [-0.3, -0.25) is 19.2 Å². The fraction of sp³-hybridized carbons (Fsp3) is 0.429. The Labute approximate surface area is 242 Å². The predicted octanol–water partition coefficient (Wildman–Crippen LogP) is 8.32. The standard InChI is InChI=1S/C35H40O6/c1-4-6-8-10-12-18-28(36)40-34-26-17-15-14-16-24(26)32(38)31-30(34)33(39)25-21-20-23(3)22-27(25)35(31)41-29(37)19-13-11-9-7-5-2/h14-17,20-22H,4-13,18-19H2,1-3H3. The van der Waals surface area contributed by atoms with Crippen LogP contribution >= 0.6 is 0 Å². The molecule has 0 saturated heterocycles. The average Bonchev–Trinajstić information content (AvgIpc) is 2.96. The number of esters is 2. The average molecular weight is 557 g/mol. The third-order valence-electron chi connectivity index (χ3n) is 7.64. The third kappa shape index (κ3) is 6.92. The van der Waals surface area contributed by atoms with Crippen molar-refractivity contribution in [3.05, 3.63) is 81.4 Å². The summed E-state index contributed by atoms with van der Waals surface area (Å²) in [7, 11) is 0. The van der Waals surface area contributed by atoms with Crippen LogP contribution in [0.15, 0.2) is 53.6 Å². The quantitative estimate of drug-likeness (QED) is 0.172. The molecular formula is C35H40O6. The second-order valence-corrected chi connectivity index (χ2v) is 10.9. The highest BCUT2D eigenvalue weighted by atomic mass is 16.5. The minimum Gasteiger partial charge on any atom is -0.425 e. The maximum absolute atomic E-state index is 14.0. The molecule has 6 heteroatoms. The van der Waals surface area contributed by atoms with Gasteiger partial charge < -0.3 is 9.47 Å². The Bertz CT molecular complexity index is 1390. The molecule has 41 heavy (non-hydrogen) atoms. The largest absolute Gasteiger partial charge is 0.425 e. The topological polar surface area (TPSA) is 86.7 Å². The second-order valence-electron chi connectivity index (χ2n) is 10.9. The van der Waals surface area contributed by atoms with Gasteiger partial charge in [0.2, 0.25) is 0 Å². The van der Waals surface area contributed by atoms with E-state index in [0.717, 1.165) is 56.9 Å². The van der Waals surface area contributed by atoms with Gasteiger partial charge in [0.15, 0.2) is 23.1 Å². The lowest BCUT2D eigenvalue weighted by atomic mass is 9.76. The summed E-state index contributed by atoms with van der Waals surface area (Å²) in [6.07, 6.45) is 10.1. The Morgan fingerprint density at radius 2 is 1.05 bits per heavy atom. The van der Waals surface area contributed by atoms with E-state index < -0.39 is 23.5 Å². The Hall–Kier alpha value is -3.80. The molecule has 0 N–H and O–H groups in total. The zero-order valence-electron chi connectivity index (χ0n) is 24.5. The number of ether oxygens (including phenoxy) is 2. The van der Waals surface area contributed by atoms with Crippen LogP contribution in [0, 0.1) is 6.92 Å². The number of benzene rings is 2. The molecule has 0 radical (unpaired) electrons. The minimum atomic E-state index is -0.458. The van der Waals surface area contributed by atoms with Crippen LogP contribution in [0.25, 0.3) is 11.5 Å². The highest BCUT2D eigenvalue weighted by Gasteiger charge is 2.43. The summed E-state index contributed by atoms with van der Waals surface area (Å²) in [4.78, 5) is 54.0. The summed E-state index contributed by atoms with van der Waals surface area (Å²) in [5.74, 6) is -1.66. The summed E-state index contributed by atoms with van der Waals surface area (Å²) in [6, 6.07) is 12.0. The third-order valence-corrected chi connectivity index (χ3v) is 7.64. The highest BCUT2D eigenvalue weighted by molar-refractivity contribution is 6.34. The summed E-state index contributed by atoms with van der Waals surface area (Å²) >= 11 is 0. The number of carbonyl (C=O) groups excluding carboxylic acids is 4. The molecule has 2 aromatic rings. The number of carbonyl (C=O) groups is 4. The van der Waals surface area contributed by atoms with E-state index in [4.69, 9.17) is 9.47 Å². The number of fused-ring (bicyclic) bond motifs is 3. The summed E-state index contributed by atoms with van der Waals surface area (Å²) < 4.78 is 11.8. The number of hydrogen-bond donors (Lipinski definition) is 0. The van der Waals surface area contributed by atoms with Gasteiger partial charge in [0, 0.05) is 35.1 Å². The van der Waals surface area contributed by atoms with Crippen molar-refractivity contribution in [1.29, 1.82) is 0 Å². The molecule has 0 saturated carbocycles. The molecule has 0 spiro atoms. The van der Waals surface area contributed by atoms with Gasteiger partial charge in [-0.25, -0.2) is 0 Å². The van der Waals surface area contributed by atoms with Gasteiger partial charge in [-0.05, 0) is 25.8 Å². The normalized spacial score (nSPS) is 14.0. The van der Waals surface area contributed by atoms with Crippen LogP contribution in [0.2, 0.25) is 0 Å². The zero-order valence-corrected chi connectivity index (χ0v) is 24.5. The smallest absolute Gasteiger partial charge is 0.311 e. The maximum atomic E-state index is 14.0. The molecule has 0 aromatic heterocycles. The van der Waals surface area contributed by atoms with Crippen molar-refractivity contribution in [3.63, 3.8) is 0 Å². The van der Waals surface area contributed by atoms with E-state index >= 15 is 0 Å². The molecule has 0 atom stereocenters. The van der Waals surface area contributed by atoms with E-state index in [9.17, 15) is 19.2 Å². The molecule has 6 nitrogen and oxygen atoms in total. The lowest BCUT2D eigenvalue weighted by Gasteiger charge is -2.29. The predicted molar refractivity (Wildman–Crippen MR) is 159 cm³/mol. The highest BCUT2D eigenvalue weighted by Crippen LogP contribution is 2.45. The number of Topliss-reactive ketones (excluding diaryl/α,β-unsaturated/α-hetero) is 2. The van der Waals surface area contributed by atoms with E-state index in [1.165, 1.54) is 0 Å².